The van der Waals surface area contributed by atoms with Gasteiger partial charge in [0.05, 0.1) is 6.04 Å². The number of fused-ring (bicyclic) bond motifs is 1. The summed E-state index contributed by atoms with van der Waals surface area (Å²) in [6, 6.07) is 10.6. The number of hydrogen-bond acceptors (Lipinski definition) is 5. The van der Waals surface area contributed by atoms with Crippen LogP contribution in [-0.2, 0) is 22.5 Å². The fourth-order valence-corrected chi connectivity index (χ4v) is 3.40. The van der Waals surface area contributed by atoms with Gasteiger partial charge < -0.3 is 10.1 Å². The summed E-state index contributed by atoms with van der Waals surface area (Å²) < 4.78 is 6.49. The average molecular weight is 383 g/mol. The van der Waals surface area contributed by atoms with Crippen LogP contribution in [0.5, 0.6) is 0 Å². The van der Waals surface area contributed by atoms with Gasteiger partial charge in [-0.1, -0.05) is 31.2 Å². The van der Waals surface area contributed by atoms with E-state index in [0.717, 1.165) is 24.8 Å². The van der Waals surface area contributed by atoms with Gasteiger partial charge in [0.2, 0.25) is 0 Å². The minimum Gasteiger partial charge on any atom is -0.448 e. The van der Waals surface area contributed by atoms with Gasteiger partial charge in [0, 0.05) is 12.6 Å². The molecule has 0 saturated carbocycles. The van der Waals surface area contributed by atoms with E-state index >= 15 is 0 Å². The molecule has 2 aromatic rings. The number of benzene rings is 1. The number of esters is 1. The minimum atomic E-state index is -0.963. The van der Waals surface area contributed by atoms with Crippen LogP contribution in [0.2, 0.25) is 0 Å². The summed E-state index contributed by atoms with van der Waals surface area (Å²) in [4.78, 5) is 36.6. The Kier molecular flexibility index (Phi) is 6.23. The van der Waals surface area contributed by atoms with Gasteiger partial charge in [-0.2, -0.15) is 5.10 Å². The molecule has 1 aliphatic carbocycles. The van der Waals surface area contributed by atoms with E-state index in [9.17, 15) is 14.4 Å². The number of carbonyl (C=O) groups excluding carboxylic acids is 2. The zero-order valence-electron chi connectivity index (χ0n) is 16.2. The van der Waals surface area contributed by atoms with Crippen molar-refractivity contribution < 1.29 is 14.3 Å². The molecule has 0 fully saturated rings. The maximum Gasteiger partial charge on any atom is 0.359 e. The first-order valence-electron chi connectivity index (χ1n) is 9.67. The van der Waals surface area contributed by atoms with Gasteiger partial charge in [-0.05, 0) is 49.8 Å². The summed E-state index contributed by atoms with van der Waals surface area (Å²) in [7, 11) is 0. The zero-order valence-corrected chi connectivity index (χ0v) is 16.2. The highest BCUT2D eigenvalue weighted by Crippen LogP contribution is 2.29. The molecule has 7 nitrogen and oxygen atoms in total. The lowest BCUT2D eigenvalue weighted by atomic mass is 9.87. The number of ether oxygens (including phenoxy) is 1. The lowest BCUT2D eigenvalue weighted by Crippen LogP contribution is -2.39. The predicted molar refractivity (Wildman–Crippen MR) is 104 cm³/mol. The Bertz CT molecular complexity index is 922. The first-order valence-corrected chi connectivity index (χ1v) is 9.67. The summed E-state index contributed by atoms with van der Waals surface area (Å²) in [5, 5.41) is 7.00. The highest BCUT2D eigenvalue weighted by molar-refractivity contribution is 5.90. The van der Waals surface area contributed by atoms with Crippen molar-refractivity contribution in [2.75, 3.05) is 0 Å². The van der Waals surface area contributed by atoms with Gasteiger partial charge in [0.25, 0.3) is 11.5 Å². The quantitative estimate of drug-likeness (QED) is 0.774. The number of aromatic nitrogens is 2. The molecule has 1 N–H and O–H groups in total. The minimum absolute atomic E-state index is 0.00992. The summed E-state index contributed by atoms with van der Waals surface area (Å²) in [6.45, 7) is 3.86. The van der Waals surface area contributed by atoms with Crippen molar-refractivity contribution in [3.8, 4) is 0 Å². The van der Waals surface area contributed by atoms with Crippen LogP contribution in [0.4, 0.5) is 0 Å². The molecule has 1 aliphatic rings. The zero-order chi connectivity index (χ0) is 20.1. The van der Waals surface area contributed by atoms with Crippen LogP contribution in [0, 0.1) is 0 Å². The molecular weight excluding hydrogens is 358 g/mol. The number of rotatable bonds is 6. The van der Waals surface area contributed by atoms with Crippen LogP contribution in [0.15, 0.2) is 41.2 Å². The molecule has 1 amide bonds. The molecule has 1 aromatic carbocycles. The molecular formula is C21H25N3O4. The van der Waals surface area contributed by atoms with E-state index < -0.39 is 12.1 Å². The Morgan fingerprint density at radius 2 is 2.07 bits per heavy atom. The van der Waals surface area contributed by atoms with Crippen molar-refractivity contribution in [3.05, 3.63) is 63.6 Å². The Morgan fingerprint density at radius 3 is 2.86 bits per heavy atom. The third-order valence-corrected chi connectivity index (χ3v) is 4.85. The maximum absolute atomic E-state index is 12.5. The van der Waals surface area contributed by atoms with E-state index in [1.54, 1.807) is 0 Å². The fourth-order valence-electron chi connectivity index (χ4n) is 3.40. The van der Waals surface area contributed by atoms with Crippen molar-refractivity contribution in [2.24, 2.45) is 0 Å². The van der Waals surface area contributed by atoms with E-state index in [-0.39, 0.29) is 23.2 Å². The van der Waals surface area contributed by atoms with Crippen molar-refractivity contribution in [2.45, 2.75) is 58.2 Å². The molecule has 148 valence electrons. The van der Waals surface area contributed by atoms with Crippen LogP contribution in [0.25, 0.3) is 0 Å². The molecule has 3 rings (SSSR count). The van der Waals surface area contributed by atoms with Gasteiger partial charge in [-0.3, -0.25) is 9.59 Å². The van der Waals surface area contributed by atoms with Crippen LogP contribution in [0.3, 0.4) is 0 Å². The van der Waals surface area contributed by atoms with E-state index in [1.807, 2.05) is 25.1 Å². The topological polar surface area (TPSA) is 90.3 Å². The van der Waals surface area contributed by atoms with Gasteiger partial charge in [0.15, 0.2) is 11.8 Å². The van der Waals surface area contributed by atoms with E-state index in [4.69, 9.17) is 4.74 Å². The first-order chi connectivity index (χ1) is 13.5. The molecule has 7 heteroatoms. The van der Waals surface area contributed by atoms with Crippen molar-refractivity contribution in [1.29, 1.82) is 0 Å². The molecule has 28 heavy (non-hydrogen) atoms. The molecule has 2 atom stereocenters. The Hall–Kier alpha value is -2.96. The molecule has 0 bridgehead atoms. The summed E-state index contributed by atoms with van der Waals surface area (Å²) in [5.41, 5.74) is 2.09. The number of carbonyl (C=O) groups is 2. The Morgan fingerprint density at radius 1 is 1.29 bits per heavy atom. The lowest BCUT2D eigenvalue weighted by molar-refractivity contribution is -0.130. The molecule has 0 radical (unpaired) electrons. The monoisotopic (exact) mass is 383 g/mol. The molecule has 1 aromatic heterocycles. The second-order valence-electron chi connectivity index (χ2n) is 6.98. The second-order valence-corrected chi connectivity index (χ2v) is 6.98. The maximum atomic E-state index is 12.5. The molecule has 0 aliphatic heterocycles. The largest absolute Gasteiger partial charge is 0.448 e. The lowest BCUT2D eigenvalue weighted by Gasteiger charge is -2.27. The van der Waals surface area contributed by atoms with E-state index in [0.29, 0.717) is 13.0 Å². The number of nitrogens with one attached hydrogen (secondary N) is 1. The third-order valence-electron chi connectivity index (χ3n) is 4.85. The Balaban J connectivity index is 1.64. The van der Waals surface area contributed by atoms with Crippen LogP contribution < -0.4 is 10.9 Å². The number of amides is 1. The van der Waals surface area contributed by atoms with Gasteiger partial charge >= 0.3 is 5.97 Å². The van der Waals surface area contributed by atoms with Gasteiger partial charge in [0.1, 0.15) is 0 Å². The SMILES string of the molecule is CCCn1nc(C(=O)OC(C)C(=O)NC2CCCc3ccccc32)ccc1=O. The second kappa shape index (κ2) is 8.82. The highest BCUT2D eigenvalue weighted by Gasteiger charge is 2.26. The van der Waals surface area contributed by atoms with Crippen molar-refractivity contribution in [3.63, 3.8) is 0 Å². The highest BCUT2D eigenvalue weighted by atomic mass is 16.5. The molecule has 2 unspecified atom stereocenters. The van der Waals surface area contributed by atoms with Crippen LogP contribution >= 0.6 is 0 Å². The van der Waals surface area contributed by atoms with Gasteiger partial charge in [-0.25, -0.2) is 9.48 Å². The van der Waals surface area contributed by atoms with Crippen molar-refractivity contribution in [1.82, 2.24) is 15.1 Å². The molecule has 0 spiro atoms. The predicted octanol–water partition coefficient (Wildman–Crippen LogP) is 2.39. The smallest absolute Gasteiger partial charge is 0.359 e. The van der Waals surface area contributed by atoms with Crippen LogP contribution in [0.1, 0.15) is 60.8 Å². The first kappa shape index (κ1) is 19.8. The average Bonchev–Trinajstić information content (AvgIpc) is 2.70. The van der Waals surface area contributed by atoms with Crippen LogP contribution in [-0.4, -0.2) is 27.8 Å². The summed E-state index contributed by atoms with van der Waals surface area (Å²) >= 11 is 0. The normalized spacial score (nSPS) is 16.7. The standard InChI is InChI=1S/C21H25N3O4/c1-3-13-24-19(25)12-11-18(23-24)21(27)28-14(2)20(26)22-17-10-6-8-15-7-4-5-9-16(15)17/h4-5,7,9,11-12,14,17H,3,6,8,10,13H2,1-2H3,(H,22,26). The Labute approximate surface area is 163 Å². The summed E-state index contributed by atoms with van der Waals surface area (Å²) in [5.74, 6) is -1.08. The third kappa shape index (κ3) is 4.47. The van der Waals surface area contributed by atoms with E-state index in [2.05, 4.69) is 16.5 Å². The van der Waals surface area contributed by atoms with Gasteiger partial charge in [-0.15, -0.1) is 0 Å². The summed E-state index contributed by atoms with van der Waals surface area (Å²) in [6.07, 6.45) is 2.61. The number of nitrogens with zero attached hydrogens (tertiary/aromatic N) is 2. The van der Waals surface area contributed by atoms with Crippen molar-refractivity contribution >= 4 is 11.9 Å². The number of aryl methyl sites for hydroxylation is 2. The molecule has 0 saturated heterocycles. The number of hydrogen-bond donors (Lipinski definition) is 1. The fraction of sp³-hybridized carbons (Fsp3) is 0.429. The molecule has 1 heterocycles. The van der Waals surface area contributed by atoms with E-state index in [1.165, 1.54) is 29.3 Å².